The van der Waals surface area contributed by atoms with Gasteiger partial charge in [-0.2, -0.15) is 13.2 Å². The Morgan fingerprint density at radius 2 is 1.08 bits per heavy atom. The third kappa shape index (κ3) is 19.7. The molecule has 0 aromatic carbocycles. The zero-order valence-corrected chi connectivity index (χ0v) is 16.3. The van der Waals surface area contributed by atoms with Gasteiger partial charge in [-0.05, 0) is 12.8 Å². The Morgan fingerprint density at radius 1 is 0.792 bits per heavy atom. The molecule has 0 atom stereocenters. The molecule has 0 aliphatic heterocycles. The summed E-state index contributed by atoms with van der Waals surface area (Å²) in [5.74, 6) is 0. The topological polar surface area (TPSA) is 57.2 Å². The van der Waals surface area contributed by atoms with Crippen LogP contribution in [-0.2, 0) is 10.1 Å². The molecule has 0 aliphatic carbocycles. The zero-order chi connectivity index (χ0) is 19.3. The van der Waals surface area contributed by atoms with Crippen LogP contribution in [0.3, 0.4) is 0 Å². The van der Waals surface area contributed by atoms with Gasteiger partial charge in [0.1, 0.15) is 0 Å². The normalized spacial score (nSPS) is 12.7. The van der Waals surface area contributed by atoms with Crippen molar-refractivity contribution in [1.29, 1.82) is 0 Å². The van der Waals surface area contributed by atoms with Crippen molar-refractivity contribution < 1.29 is 30.6 Å². The molecule has 0 aromatic heterocycles. The Bertz CT molecular complexity index is 390. The minimum absolute atomic E-state index is 1.12. The van der Waals surface area contributed by atoms with Crippen LogP contribution in [-0.4, -0.2) is 50.6 Å². The van der Waals surface area contributed by atoms with Crippen LogP contribution < -0.4 is 0 Å². The van der Waals surface area contributed by atoms with Crippen LogP contribution in [0.4, 0.5) is 13.2 Å². The van der Waals surface area contributed by atoms with Gasteiger partial charge in [-0.3, -0.25) is 0 Å². The number of halogens is 3. The van der Waals surface area contributed by atoms with Gasteiger partial charge in [0.25, 0.3) is 0 Å². The van der Waals surface area contributed by atoms with Gasteiger partial charge in [0.15, 0.2) is 10.1 Å². The number of hydrogen-bond donors (Lipinski definition) is 0. The summed E-state index contributed by atoms with van der Waals surface area (Å²) in [7, 11) is 0.766. The first kappa shape index (κ1) is 25.9. The van der Waals surface area contributed by atoms with E-state index in [1.165, 1.54) is 70.8 Å². The quantitative estimate of drug-likeness (QED) is 0.228. The molecular formula is C16H34F3NO3S. The van der Waals surface area contributed by atoms with Gasteiger partial charge < -0.3 is 9.04 Å². The van der Waals surface area contributed by atoms with Crippen molar-refractivity contribution in [1.82, 2.24) is 0 Å². The van der Waals surface area contributed by atoms with E-state index in [1.807, 2.05) is 0 Å². The van der Waals surface area contributed by atoms with Crippen molar-refractivity contribution in [2.24, 2.45) is 0 Å². The van der Waals surface area contributed by atoms with Gasteiger partial charge in [-0.15, -0.1) is 0 Å². The maximum atomic E-state index is 10.7. The lowest BCUT2D eigenvalue weighted by molar-refractivity contribution is -0.870. The van der Waals surface area contributed by atoms with Gasteiger partial charge in [0.05, 0.1) is 27.7 Å². The Labute approximate surface area is 145 Å². The van der Waals surface area contributed by atoms with Crippen molar-refractivity contribution in [2.75, 3.05) is 27.7 Å². The zero-order valence-electron chi connectivity index (χ0n) is 15.5. The van der Waals surface area contributed by atoms with Crippen LogP contribution in [0.5, 0.6) is 0 Å². The Morgan fingerprint density at radius 3 is 1.33 bits per heavy atom. The fraction of sp³-hybridized carbons (Fsp3) is 1.00. The summed E-state index contributed by atoms with van der Waals surface area (Å²) in [5.41, 5.74) is -5.65. The van der Waals surface area contributed by atoms with Gasteiger partial charge in [0, 0.05) is 0 Å². The molecule has 0 spiro atoms. The molecule has 148 valence electrons. The number of nitrogens with zero attached hydrogens (tertiary/aromatic N) is 1. The highest BCUT2D eigenvalue weighted by molar-refractivity contribution is 7.86. The molecule has 0 heterocycles. The SMILES string of the molecule is CCCCCCCCCCCC[N+](C)(C)C.O=S(=O)([O-])C(F)(F)F. The van der Waals surface area contributed by atoms with Gasteiger partial charge >= 0.3 is 5.51 Å². The number of unbranched alkanes of at least 4 members (excludes halogenated alkanes) is 9. The highest BCUT2D eigenvalue weighted by Gasteiger charge is 2.36. The number of rotatable bonds is 11. The molecule has 0 saturated heterocycles. The van der Waals surface area contributed by atoms with Crippen molar-refractivity contribution in [3.63, 3.8) is 0 Å². The first-order valence-electron chi connectivity index (χ1n) is 8.64. The molecule has 0 N–H and O–H groups in total. The predicted octanol–water partition coefficient (Wildman–Crippen LogP) is 4.66. The Balaban J connectivity index is 0. The van der Waals surface area contributed by atoms with E-state index >= 15 is 0 Å². The van der Waals surface area contributed by atoms with E-state index in [9.17, 15) is 13.2 Å². The van der Waals surface area contributed by atoms with E-state index in [0.717, 1.165) is 4.48 Å². The standard InChI is InChI=1S/C15H34N.CHF3O3S/c1-5-6-7-8-9-10-11-12-13-14-15-16(2,3)4;2-1(3,4)8(5,6)7/h5-15H2,1-4H3;(H,5,6,7)/q+1;/p-1. The molecule has 0 fully saturated rings. The third-order valence-corrected chi connectivity index (χ3v) is 4.03. The van der Waals surface area contributed by atoms with Crippen LogP contribution in [0.2, 0.25) is 0 Å². The molecule has 4 nitrogen and oxygen atoms in total. The summed E-state index contributed by atoms with van der Waals surface area (Å²) in [6.07, 6.45) is 14.4. The van der Waals surface area contributed by atoms with E-state index < -0.39 is 15.6 Å². The number of alkyl halides is 3. The Kier molecular flexibility index (Phi) is 14.0. The van der Waals surface area contributed by atoms with Crippen LogP contribution in [0.25, 0.3) is 0 Å². The Hall–Kier alpha value is -0.340. The lowest BCUT2D eigenvalue weighted by Crippen LogP contribution is -2.35. The number of hydrogen-bond acceptors (Lipinski definition) is 3. The fourth-order valence-corrected chi connectivity index (χ4v) is 2.07. The second kappa shape index (κ2) is 12.9. The van der Waals surface area contributed by atoms with Crippen LogP contribution in [0.15, 0.2) is 0 Å². The summed E-state index contributed by atoms with van der Waals surface area (Å²) in [6.45, 7) is 3.62. The molecule has 0 rings (SSSR count). The van der Waals surface area contributed by atoms with E-state index in [0.29, 0.717) is 0 Å². The first-order valence-corrected chi connectivity index (χ1v) is 10.0. The lowest BCUT2D eigenvalue weighted by atomic mass is 10.1. The highest BCUT2D eigenvalue weighted by atomic mass is 32.2. The van der Waals surface area contributed by atoms with E-state index in [4.69, 9.17) is 13.0 Å². The van der Waals surface area contributed by atoms with Crippen LogP contribution in [0, 0.1) is 0 Å². The van der Waals surface area contributed by atoms with Gasteiger partial charge in [-0.1, -0.05) is 58.3 Å². The summed E-state index contributed by atoms with van der Waals surface area (Å²) in [4.78, 5) is 0. The third-order valence-electron chi connectivity index (χ3n) is 3.47. The van der Waals surface area contributed by atoms with E-state index in [1.54, 1.807) is 0 Å². The van der Waals surface area contributed by atoms with Crippen LogP contribution in [0.1, 0.15) is 71.1 Å². The summed E-state index contributed by atoms with van der Waals surface area (Å²) >= 11 is 0. The minimum atomic E-state index is -6.09. The van der Waals surface area contributed by atoms with Gasteiger partial charge in [-0.25, -0.2) is 8.42 Å². The summed E-state index contributed by atoms with van der Waals surface area (Å²) in [5, 5.41) is 0. The average molecular weight is 378 g/mol. The first-order chi connectivity index (χ1) is 10.8. The molecule has 0 bridgehead atoms. The molecule has 0 saturated carbocycles. The molecule has 0 unspecified atom stereocenters. The van der Waals surface area contributed by atoms with E-state index in [2.05, 4.69) is 28.1 Å². The lowest BCUT2D eigenvalue weighted by Gasteiger charge is -2.23. The predicted molar refractivity (Wildman–Crippen MR) is 90.5 cm³/mol. The largest absolute Gasteiger partial charge is 0.741 e. The maximum absolute atomic E-state index is 10.7. The molecule has 8 heteroatoms. The van der Waals surface area contributed by atoms with Crippen molar-refractivity contribution >= 4 is 10.1 Å². The van der Waals surface area contributed by atoms with Crippen molar-refractivity contribution in [2.45, 2.75) is 76.6 Å². The second-order valence-electron chi connectivity index (χ2n) is 7.10. The second-order valence-corrected chi connectivity index (χ2v) is 8.47. The summed E-state index contributed by atoms with van der Waals surface area (Å²) in [6, 6.07) is 0. The summed E-state index contributed by atoms with van der Waals surface area (Å²) < 4.78 is 60.0. The highest BCUT2D eigenvalue weighted by Crippen LogP contribution is 2.20. The molecule has 0 amide bonds. The molecular weight excluding hydrogens is 343 g/mol. The average Bonchev–Trinajstić information content (AvgIpc) is 2.38. The number of quaternary nitrogens is 1. The molecule has 0 aliphatic rings. The monoisotopic (exact) mass is 377 g/mol. The van der Waals surface area contributed by atoms with Crippen molar-refractivity contribution in [3.05, 3.63) is 0 Å². The fourth-order valence-electron chi connectivity index (χ4n) is 2.07. The maximum Gasteiger partial charge on any atom is 0.485 e. The molecule has 0 radical (unpaired) electrons. The minimum Gasteiger partial charge on any atom is -0.741 e. The van der Waals surface area contributed by atoms with Crippen LogP contribution >= 0.6 is 0 Å². The molecule has 24 heavy (non-hydrogen) atoms. The van der Waals surface area contributed by atoms with Gasteiger partial charge in [0.2, 0.25) is 0 Å². The van der Waals surface area contributed by atoms with E-state index in [-0.39, 0.29) is 0 Å². The smallest absolute Gasteiger partial charge is 0.485 e. The molecule has 0 aromatic rings. The van der Waals surface area contributed by atoms with Crippen molar-refractivity contribution in [3.8, 4) is 0 Å².